The quantitative estimate of drug-likeness (QED) is 0.726. The lowest BCUT2D eigenvalue weighted by atomic mass is 10.1. The van der Waals surface area contributed by atoms with Crippen molar-refractivity contribution in [3.05, 3.63) is 28.2 Å². The Labute approximate surface area is 87.1 Å². The topological polar surface area (TPSA) is 54.6 Å². The average molecular weight is 204 g/mol. The van der Waals surface area contributed by atoms with E-state index in [-0.39, 0.29) is 11.6 Å². The van der Waals surface area contributed by atoms with Gasteiger partial charge in [-0.15, -0.1) is 4.91 Å². The van der Waals surface area contributed by atoms with Gasteiger partial charge in [0, 0.05) is 12.4 Å². The maximum absolute atomic E-state index is 10.6. The molecule has 1 N–H and O–H groups in total. The van der Waals surface area contributed by atoms with Crippen LogP contribution >= 0.6 is 0 Å². The number of nitrogens with zero attached hydrogens (tertiary/aromatic N) is 2. The van der Waals surface area contributed by atoms with Gasteiger partial charge >= 0.3 is 0 Å². The zero-order valence-electron chi connectivity index (χ0n) is 8.90. The Morgan fingerprint density at radius 3 is 2.60 bits per heavy atom. The highest BCUT2D eigenvalue weighted by atomic mass is 16.3. The summed E-state index contributed by atoms with van der Waals surface area (Å²) in [6.07, 6.45) is 0. The van der Waals surface area contributed by atoms with Gasteiger partial charge in [-0.2, -0.15) is 0 Å². The zero-order chi connectivity index (χ0) is 11.2. The van der Waals surface area contributed by atoms with E-state index >= 15 is 0 Å². The van der Waals surface area contributed by atoms with Gasteiger partial charge in [-0.25, -0.2) is 0 Å². The van der Waals surface area contributed by atoms with Crippen LogP contribution in [0.4, 0.5) is 5.69 Å². The number of aromatic hydroxyl groups is 1. The lowest BCUT2D eigenvalue weighted by Gasteiger charge is -2.04. The second-order valence-electron chi connectivity index (χ2n) is 3.73. The molecule has 0 radical (unpaired) electrons. The van der Waals surface area contributed by atoms with Gasteiger partial charge in [0.25, 0.3) is 0 Å². The highest BCUT2D eigenvalue weighted by Gasteiger charge is 2.16. The van der Waals surface area contributed by atoms with Crippen molar-refractivity contribution in [3.63, 3.8) is 0 Å². The maximum atomic E-state index is 10.6. The van der Waals surface area contributed by atoms with E-state index in [1.165, 1.54) is 0 Å². The van der Waals surface area contributed by atoms with Crippen LogP contribution in [0.25, 0.3) is 10.9 Å². The molecule has 0 aliphatic heterocycles. The Kier molecular flexibility index (Phi) is 2.00. The Morgan fingerprint density at radius 2 is 2.00 bits per heavy atom. The third kappa shape index (κ3) is 1.14. The fraction of sp³-hybridized carbons (Fsp3) is 0.273. The Hall–Kier alpha value is -1.84. The third-order valence-electron chi connectivity index (χ3n) is 2.91. The number of rotatable bonds is 1. The molecule has 0 bridgehead atoms. The Morgan fingerprint density at radius 1 is 1.33 bits per heavy atom. The number of benzene rings is 1. The van der Waals surface area contributed by atoms with E-state index in [9.17, 15) is 10.0 Å². The molecule has 0 atom stereocenters. The molecule has 0 fully saturated rings. The second kappa shape index (κ2) is 3.08. The molecular formula is C11H12N2O2. The van der Waals surface area contributed by atoms with Crippen molar-refractivity contribution in [1.29, 1.82) is 0 Å². The third-order valence-corrected chi connectivity index (χ3v) is 2.91. The first-order valence-electron chi connectivity index (χ1n) is 4.68. The monoisotopic (exact) mass is 204 g/mol. The van der Waals surface area contributed by atoms with Crippen molar-refractivity contribution >= 4 is 16.6 Å². The fourth-order valence-electron chi connectivity index (χ4n) is 1.90. The van der Waals surface area contributed by atoms with Gasteiger partial charge in [0.1, 0.15) is 0 Å². The summed E-state index contributed by atoms with van der Waals surface area (Å²) in [5.41, 5.74) is 3.17. The van der Waals surface area contributed by atoms with Gasteiger partial charge in [-0.05, 0) is 30.2 Å². The average Bonchev–Trinajstić information content (AvgIpc) is 2.46. The first-order chi connectivity index (χ1) is 7.07. The molecule has 0 amide bonds. The van der Waals surface area contributed by atoms with Crippen molar-refractivity contribution in [3.8, 4) is 5.88 Å². The minimum atomic E-state index is -0.0753. The molecule has 2 rings (SSSR count). The molecule has 4 nitrogen and oxygen atoms in total. The number of aromatic nitrogens is 1. The van der Waals surface area contributed by atoms with Gasteiger partial charge in [-0.3, -0.25) is 0 Å². The summed E-state index contributed by atoms with van der Waals surface area (Å²) >= 11 is 0. The van der Waals surface area contributed by atoms with E-state index in [4.69, 9.17) is 0 Å². The summed E-state index contributed by atoms with van der Waals surface area (Å²) < 4.78 is 1.59. The van der Waals surface area contributed by atoms with Crippen LogP contribution in [0.15, 0.2) is 17.3 Å². The molecule has 0 unspecified atom stereocenters. The lowest BCUT2D eigenvalue weighted by Crippen LogP contribution is -1.90. The first kappa shape index (κ1) is 9.71. The molecule has 0 spiro atoms. The van der Waals surface area contributed by atoms with Crippen LogP contribution in [0.1, 0.15) is 11.1 Å². The Balaban J connectivity index is 3.03. The molecule has 0 saturated carbocycles. The van der Waals surface area contributed by atoms with E-state index in [2.05, 4.69) is 5.18 Å². The van der Waals surface area contributed by atoms with Crippen LogP contribution in [-0.2, 0) is 7.05 Å². The smallest absolute Gasteiger partial charge is 0.222 e. The van der Waals surface area contributed by atoms with Crippen molar-refractivity contribution in [2.45, 2.75) is 13.8 Å². The molecular weight excluding hydrogens is 192 g/mol. The molecule has 1 heterocycles. The predicted molar refractivity (Wildman–Crippen MR) is 59.5 cm³/mol. The van der Waals surface area contributed by atoms with Crippen LogP contribution < -0.4 is 0 Å². The number of hydrogen-bond acceptors (Lipinski definition) is 3. The number of hydrogen-bond donors (Lipinski definition) is 1. The zero-order valence-corrected chi connectivity index (χ0v) is 8.90. The minimum absolute atomic E-state index is 0.0753. The van der Waals surface area contributed by atoms with Gasteiger partial charge in [-0.1, -0.05) is 12.1 Å². The van der Waals surface area contributed by atoms with Gasteiger partial charge in [0.15, 0.2) is 5.69 Å². The van der Waals surface area contributed by atoms with Crippen LogP contribution in [0, 0.1) is 18.8 Å². The van der Waals surface area contributed by atoms with Gasteiger partial charge in [0.05, 0.1) is 5.52 Å². The van der Waals surface area contributed by atoms with Gasteiger partial charge in [0.2, 0.25) is 5.88 Å². The summed E-state index contributed by atoms with van der Waals surface area (Å²) in [5.74, 6) is -0.0753. The molecule has 1 aromatic carbocycles. The predicted octanol–water partition coefficient (Wildman–Crippen LogP) is 2.90. The summed E-state index contributed by atoms with van der Waals surface area (Å²) in [7, 11) is 1.72. The van der Waals surface area contributed by atoms with Crippen molar-refractivity contribution in [2.75, 3.05) is 0 Å². The van der Waals surface area contributed by atoms with Crippen LogP contribution in [-0.4, -0.2) is 9.67 Å². The van der Waals surface area contributed by atoms with E-state index in [1.54, 1.807) is 11.6 Å². The molecule has 0 aliphatic rings. The molecule has 0 saturated heterocycles. The molecule has 0 aliphatic carbocycles. The van der Waals surface area contributed by atoms with E-state index < -0.39 is 0 Å². The van der Waals surface area contributed by atoms with Crippen molar-refractivity contribution < 1.29 is 5.11 Å². The molecule has 4 heteroatoms. The highest BCUT2D eigenvalue weighted by Crippen LogP contribution is 2.39. The van der Waals surface area contributed by atoms with E-state index in [0.717, 1.165) is 16.6 Å². The van der Waals surface area contributed by atoms with Crippen LogP contribution in [0.2, 0.25) is 0 Å². The van der Waals surface area contributed by atoms with Gasteiger partial charge < -0.3 is 9.67 Å². The number of aryl methyl sites for hydroxylation is 3. The lowest BCUT2D eigenvalue weighted by molar-refractivity contribution is 0.436. The normalized spacial score (nSPS) is 10.9. The standard InChI is InChI=1S/C11H12N2O2/c1-6-4-5-8-9(12-15)11(14)13(3)10(8)7(6)2/h4-5,14H,1-3H3. The van der Waals surface area contributed by atoms with Crippen molar-refractivity contribution in [2.24, 2.45) is 12.2 Å². The second-order valence-corrected chi connectivity index (χ2v) is 3.73. The van der Waals surface area contributed by atoms with E-state index in [0.29, 0.717) is 5.39 Å². The maximum Gasteiger partial charge on any atom is 0.222 e. The summed E-state index contributed by atoms with van der Waals surface area (Å²) in [6.45, 7) is 3.96. The largest absolute Gasteiger partial charge is 0.493 e. The first-order valence-corrected chi connectivity index (χ1v) is 4.68. The minimum Gasteiger partial charge on any atom is -0.493 e. The van der Waals surface area contributed by atoms with Crippen LogP contribution in [0.3, 0.4) is 0 Å². The summed E-state index contributed by atoms with van der Waals surface area (Å²) in [6, 6.07) is 3.74. The molecule has 78 valence electrons. The number of fused-ring (bicyclic) bond motifs is 1. The molecule has 15 heavy (non-hydrogen) atoms. The Bertz CT molecular complexity index is 555. The SMILES string of the molecule is Cc1ccc2c(N=O)c(O)n(C)c2c1C. The van der Waals surface area contributed by atoms with Crippen LogP contribution in [0.5, 0.6) is 5.88 Å². The number of nitroso groups, excluding NO2 is 1. The molecule has 1 aromatic heterocycles. The summed E-state index contributed by atoms with van der Waals surface area (Å²) in [4.78, 5) is 10.6. The highest BCUT2D eigenvalue weighted by molar-refractivity contribution is 5.97. The van der Waals surface area contributed by atoms with Crippen molar-refractivity contribution in [1.82, 2.24) is 4.57 Å². The fourth-order valence-corrected chi connectivity index (χ4v) is 1.90. The summed E-state index contributed by atoms with van der Waals surface area (Å²) in [5, 5.41) is 13.3. The van der Waals surface area contributed by atoms with E-state index in [1.807, 2.05) is 26.0 Å². The molecule has 2 aromatic rings.